The SMILES string of the molecule is CC(C)(C)OC(=O)C1(C(F)(F)F)CC2CCC1C2.CC(C)(C)OC(=O)C1CC2CCC1C2.CCC.CCC.CCC.CCC(C)=O.CCC(OC)(C(F)(F)F)C(F)(F)F.CCCC(OC)(C(F)(F)F)C(F)(F)F.CCc1ccc(O)cc1.CCc1ccc(OC)cc1.COC(CC1CC2CCC1C2)(C(F)(F)F)C(F)(F)F. The van der Waals surface area contributed by atoms with E-state index in [0.717, 1.165) is 63.5 Å². The van der Waals surface area contributed by atoms with Crippen LogP contribution in [-0.4, -0.2) is 123 Å². The molecular formula is C80H127F21O10. The zero-order valence-corrected chi connectivity index (χ0v) is 68.9. The molecule has 0 saturated heterocycles. The summed E-state index contributed by atoms with van der Waals surface area (Å²) < 4.78 is 290. The predicted molar refractivity (Wildman–Crippen MR) is 388 cm³/mol. The van der Waals surface area contributed by atoms with E-state index in [-0.39, 0.29) is 47.9 Å². The Kier molecular flexibility index (Phi) is 47.6. The number of aromatic hydroxyl groups is 1. The zero-order chi connectivity index (χ0) is 87.6. The Morgan fingerprint density at radius 2 is 0.811 bits per heavy atom. The maximum absolute atomic E-state index is 13.4. The number of ether oxygens (including phenoxy) is 6. The van der Waals surface area contributed by atoms with Crippen LogP contribution < -0.4 is 4.74 Å². The molecule has 0 aliphatic heterocycles. The largest absolute Gasteiger partial charge is 0.508 e. The highest BCUT2D eigenvalue weighted by atomic mass is 19.4. The molecule has 6 aliphatic carbocycles. The van der Waals surface area contributed by atoms with E-state index in [9.17, 15) is 107 Å². The molecule has 111 heavy (non-hydrogen) atoms. The van der Waals surface area contributed by atoms with Crippen molar-refractivity contribution in [2.45, 2.75) is 337 Å². The van der Waals surface area contributed by atoms with Gasteiger partial charge < -0.3 is 38.3 Å². The average Bonchev–Trinajstić information content (AvgIpc) is 1.59. The minimum absolute atomic E-state index is 0.00998. The fourth-order valence-electron chi connectivity index (χ4n) is 13.7. The van der Waals surface area contributed by atoms with Crippen LogP contribution in [0.4, 0.5) is 92.2 Å². The molecule has 0 heterocycles. The summed E-state index contributed by atoms with van der Waals surface area (Å²) in [4.78, 5) is 33.7. The molecule has 6 saturated carbocycles. The first-order valence-electron chi connectivity index (χ1n) is 38.1. The lowest BCUT2D eigenvalue weighted by molar-refractivity contribution is -0.380. The topological polar surface area (TPSA) is 127 Å². The van der Waals surface area contributed by atoms with Crippen LogP contribution in [0.1, 0.15) is 264 Å². The van der Waals surface area contributed by atoms with E-state index in [0.29, 0.717) is 64.6 Å². The summed E-state index contributed by atoms with van der Waals surface area (Å²) in [7, 11) is 2.98. The van der Waals surface area contributed by atoms with Crippen LogP contribution >= 0.6 is 0 Å². The Morgan fingerprint density at radius 3 is 1.04 bits per heavy atom. The van der Waals surface area contributed by atoms with E-state index in [2.05, 4.69) is 81.7 Å². The molecule has 654 valence electrons. The summed E-state index contributed by atoms with van der Waals surface area (Å²) in [6.45, 7) is 33.0. The number of phenols is 1. The number of esters is 2. The lowest BCUT2D eigenvalue weighted by Gasteiger charge is -2.39. The van der Waals surface area contributed by atoms with Crippen molar-refractivity contribution in [3.8, 4) is 11.5 Å². The van der Waals surface area contributed by atoms with Crippen LogP contribution in [-0.2, 0) is 50.9 Å². The van der Waals surface area contributed by atoms with Crippen molar-refractivity contribution in [2.24, 2.45) is 52.8 Å². The fraction of sp³-hybridized carbons (Fsp3) is 0.812. The molecule has 0 spiro atoms. The summed E-state index contributed by atoms with van der Waals surface area (Å²) in [6.07, 6.45) is -24.7. The molecule has 10 nitrogen and oxygen atoms in total. The second kappa shape index (κ2) is 47.9. The molecule has 9 unspecified atom stereocenters. The zero-order valence-electron chi connectivity index (χ0n) is 68.9. The molecule has 9 atom stereocenters. The summed E-state index contributed by atoms with van der Waals surface area (Å²) >= 11 is 0. The van der Waals surface area contributed by atoms with E-state index < -0.39 is 108 Å². The molecule has 0 radical (unpaired) electrons. The van der Waals surface area contributed by atoms with Gasteiger partial charge >= 0.3 is 55.2 Å². The van der Waals surface area contributed by atoms with Gasteiger partial charge in [-0.3, -0.25) is 9.59 Å². The lowest BCUT2D eigenvalue weighted by atomic mass is 9.72. The van der Waals surface area contributed by atoms with Gasteiger partial charge in [0.15, 0.2) is 5.41 Å². The molecule has 6 bridgehead atoms. The number of rotatable bonds is 14. The maximum Gasteiger partial charge on any atom is 0.426 e. The first-order valence-corrected chi connectivity index (χ1v) is 38.1. The number of alkyl halides is 21. The van der Waals surface area contributed by atoms with Crippen LogP contribution in [0.15, 0.2) is 48.5 Å². The molecule has 2 aromatic rings. The highest BCUT2D eigenvalue weighted by Crippen LogP contribution is 2.64. The molecule has 31 heteroatoms. The Bertz CT molecular complexity index is 2780. The normalized spacial score (nSPS) is 21.9. The second-order valence-electron chi connectivity index (χ2n) is 30.6. The van der Waals surface area contributed by atoms with Crippen molar-refractivity contribution >= 4 is 17.7 Å². The molecule has 2 aromatic carbocycles. The van der Waals surface area contributed by atoms with Gasteiger partial charge in [0.2, 0.25) is 0 Å². The van der Waals surface area contributed by atoms with Gasteiger partial charge in [-0.2, -0.15) is 92.2 Å². The second-order valence-corrected chi connectivity index (χ2v) is 30.6. The van der Waals surface area contributed by atoms with Gasteiger partial charge in [-0.1, -0.05) is 145 Å². The number of phenolic OH excluding ortho intramolecular Hbond substituents is 1. The highest BCUT2D eigenvalue weighted by Gasteiger charge is 2.75. The molecule has 0 amide bonds. The van der Waals surface area contributed by atoms with E-state index in [1.165, 1.54) is 56.6 Å². The van der Waals surface area contributed by atoms with Gasteiger partial charge in [-0.15, -0.1) is 0 Å². The Balaban J connectivity index is -0.00000120. The number of ketones is 1. The van der Waals surface area contributed by atoms with E-state index in [4.69, 9.17) is 19.3 Å². The number of halogens is 21. The molecule has 6 aliphatic rings. The Labute approximate surface area is 645 Å². The van der Waals surface area contributed by atoms with Crippen molar-refractivity contribution in [2.75, 3.05) is 28.4 Å². The quantitative estimate of drug-likeness (QED) is 0.144. The van der Waals surface area contributed by atoms with Crippen molar-refractivity contribution in [1.29, 1.82) is 0 Å². The molecule has 1 N–H and O–H groups in total. The van der Waals surface area contributed by atoms with Gasteiger partial charge in [0, 0.05) is 27.8 Å². The third-order valence-electron chi connectivity index (χ3n) is 19.3. The molecule has 6 fully saturated rings. The van der Waals surface area contributed by atoms with Gasteiger partial charge in [-0.05, 0) is 215 Å². The number of benzene rings is 2. The van der Waals surface area contributed by atoms with Crippen LogP contribution in [0.2, 0.25) is 0 Å². The molecule has 0 aromatic heterocycles. The van der Waals surface area contributed by atoms with Gasteiger partial charge in [0.25, 0.3) is 16.8 Å². The summed E-state index contributed by atoms with van der Waals surface area (Å²) in [5.74, 6) is 1.35. The Hall–Kier alpha value is -4.94. The smallest absolute Gasteiger partial charge is 0.426 e. The predicted octanol–water partition coefficient (Wildman–Crippen LogP) is 26.4. The summed E-state index contributed by atoms with van der Waals surface area (Å²) in [5.41, 5.74) is -12.9. The average molecular weight is 1650 g/mol. The van der Waals surface area contributed by atoms with E-state index in [1.54, 1.807) is 46.9 Å². The first-order chi connectivity index (χ1) is 50.6. The van der Waals surface area contributed by atoms with Gasteiger partial charge in [-0.25, -0.2) is 0 Å². The minimum atomic E-state index is -5.45. The Morgan fingerprint density at radius 1 is 0.450 bits per heavy atom. The number of carbonyl (C=O) groups excluding carboxylic acids is 3. The number of Topliss-reactive ketones (excluding diaryl/α,β-unsaturated/α-hetero) is 1. The number of hydrogen-bond acceptors (Lipinski definition) is 10. The van der Waals surface area contributed by atoms with Crippen molar-refractivity contribution < 1.29 is 140 Å². The maximum atomic E-state index is 13.4. The molecular weight excluding hydrogens is 1520 g/mol. The minimum Gasteiger partial charge on any atom is -0.508 e. The van der Waals surface area contributed by atoms with E-state index in [1.807, 2.05) is 52.0 Å². The molecule has 8 rings (SSSR count). The standard InChI is InChI=1S/C13H19F3O2.C12H16F6O.C12H20O2.C9H12O.C8H10O.C7H10F6O.C6H8F6O.C4H8O.3C3H8/c1-11(2,3)18-10(17)12(13(14,15)16)7-8-4-5-9(12)6-8;1-19-10(11(13,14)15,12(16,17)18)6-9-5-7-2-3-8(9)4-7;1-12(2,3)14-11(13)10-7-8-4-5-9(10)6-8;1-3-8-4-6-9(10-2)7-5-8;1-2-7-3-5-8(9)6-4-7;1-3-4-5(14-2,6(8,9)10)7(11,12)13;1-3-4(13-2,5(7,8)9)6(10,11)12;1-3-4(2)5;3*1-3-2/h8-9H,4-7H2,1-3H3;7-9H,2-6H2,1H3;8-10H,4-7H2,1-3H3;4-7H,3H2,1-2H3;3-6,9H,2H2,1H3;3-4H2,1-2H3;3H2,1-2H3;3H2,1-2H3;3*3H2,1-2H3. The van der Waals surface area contributed by atoms with Crippen molar-refractivity contribution in [3.05, 3.63) is 59.7 Å². The van der Waals surface area contributed by atoms with Gasteiger partial charge in [0.05, 0.1) is 13.0 Å². The highest BCUT2D eigenvalue weighted by molar-refractivity contribution is 5.79. The van der Waals surface area contributed by atoms with Gasteiger partial charge in [0.1, 0.15) is 28.5 Å². The monoisotopic (exact) mass is 1650 g/mol. The van der Waals surface area contributed by atoms with E-state index >= 15 is 0 Å². The van der Waals surface area contributed by atoms with Crippen LogP contribution in [0.25, 0.3) is 0 Å². The van der Waals surface area contributed by atoms with Crippen molar-refractivity contribution in [3.63, 3.8) is 0 Å². The number of hydrogen-bond donors (Lipinski definition) is 1. The third kappa shape index (κ3) is 34.0. The number of fused-ring (bicyclic) bond motifs is 6. The van der Waals surface area contributed by atoms with Crippen molar-refractivity contribution in [1.82, 2.24) is 0 Å². The first kappa shape index (κ1) is 110. The number of aryl methyl sites for hydroxylation is 2. The summed E-state index contributed by atoms with van der Waals surface area (Å²) in [5, 5.41) is 8.85. The third-order valence-corrected chi connectivity index (χ3v) is 19.3. The van der Waals surface area contributed by atoms with Crippen LogP contribution in [0.3, 0.4) is 0 Å². The van der Waals surface area contributed by atoms with Crippen LogP contribution in [0, 0.1) is 52.8 Å². The number of carbonyl (C=O) groups is 3. The van der Waals surface area contributed by atoms with Crippen LogP contribution in [0.5, 0.6) is 11.5 Å². The fourth-order valence-corrected chi connectivity index (χ4v) is 13.7. The summed E-state index contributed by atoms with van der Waals surface area (Å²) in [6, 6.07) is 15.4. The lowest BCUT2D eigenvalue weighted by Crippen LogP contribution is -2.59. The number of methoxy groups -OCH3 is 4.